The molecule has 10 heteroatoms. The highest BCUT2D eigenvalue weighted by Crippen LogP contribution is 2.34. The number of hydrogen-bond acceptors (Lipinski definition) is 6. The van der Waals surface area contributed by atoms with Crippen molar-refractivity contribution in [2.24, 2.45) is 11.8 Å². The fourth-order valence-electron chi connectivity index (χ4n) is 5.07. The van der Waals surface area contributed by atoms with Crippen LogP contribution in [0.25, 0.3) is 10.9 Å². The Hall–Kier alpha value is -2.46. The van der Waals surface area contributed by atoms with Crippen LogP contribution in [0.4, 0.5) is 19.0 Å². The molecule has 4 rings (SSSR count). The number of nitrogens with one attached hydrogen (secondary N) is 2. The van der Waals surface area contributed by atoms with E-state index in [1.54, 1.807) is 0 Å². The summed E-state index contributed by atoms with van der Waals surface area (Å²) in [7, 11) is 0. The summed E-state index contributed by atoms with van der Waals surface area (Å²) >= 11 is 0. The van der Waals surface area contributed by atoms with Crippen LogP contribution in [-0.4, -0.2) is 63.7 Å². The molecule has 1 unspecified atom stereocenters. The van der Waals surface area contributed by atoms with Crippen molar-refractivity contribution in [3.8, 4) is 0 Å². The lowest BCUT2D eigenvalue weighted by Crippen LogP contribution is -2.63. The zero-order chi connectivity index (χ0) is 24.5. The van der Waals surface area contributed by atoms with Crippen molar-refractivity contribution in [1.29, 1.82) is 0 Å². The van der Waals surface area contributed by atoms with Crippen molar-refractivity contribution in [1.82, 2.24) is 20.2 Å². The van der Waals surface area contributed by atoms with Gasteiger partial charge in [0.05, 0.1) is 29.8 Å². The van der Waals surface area contributed by atoms with Gasteiger partial charge in [-0.25, -0.2) is 9.97 Å². The van der Waals surface area contributed by atoms with Crippen LogP contribution in [-0.2, 0) is 11.0 Å². The van der Waals surface area contributed by atoms with Crippen LogP contribution in [0.2, 0.25) is 0 Å². The van der Waals surface area contributed by atoms with Gasteiger partial charge in [-0.15, -0.1) is 0 Å². The number of alkyl halides is 3. The predicted octanol–water partition coefficient (Wildman–Crippen LogP) is 3.44. The minimum Gasteiger partial charge on any atom is -0.393 e. The molecule has 0 bridgehead atoms. The second-order valence-corrected chi connectivity index (χ2v) is 9.83. The summed E-state index contributed by atoms with van der Waals surface area (Å²) in [5.41, 5.74) is -0.416. The molecule has 1 saturated heterocycles. The first-order chi connectivity index (χ1) is 16.1. The Morgan fingerprint density at radius 1 is 1.18 bits per heavy atom. The zero-order valence-corrected chi connectivity index (χ0v) is 19.5. The van der Waals surface area contributed by atoms with E-state index in [1.807, 2.05) is 0 Å². The number of aliphatic hydroxyl groups excluding tert-OH is 1. The molecule has 1 aromatic heterocycles. The van der Waals surface area contributed by atoms with Crippen molar-refractivity contribution in [3.05, 3.63) is 30.1 Å². The average Bonchev–Trinajstić information content (AvgIpc) is 2.78. The summed E-state index contributed by atoms with van der Waals surface area (Å²) in [5.74, 6) is 0.629. The van der Waals surface area contributed by atoms with E-state index in [0.717, 1.165) is 50.9 Å². The second kappa shape index (κ2) is 10.0. The van der Waals surface area contributed by atoms with Crippen molar-refractivity contribution in [3.63, 3.8) is 0 Å². The molecule has 186 valence electrons. The Kier molecular flexibility index (Phi) is 7.28. The number of carbonyl (C=O) groups excluding carboxylic acids is 1. The van der Waals surface area contributed by atoms with Gasteiger partial charge in [0.1, 0.15) is 12.1 Å². The summed E-state index contributed by atoms with van der Waals surface area (Å²) in [6, 6.07) is 3.83. The number of aromatic nitrogens is 2. The second-order valence-electron chi connectivity index (χ2n) is 9.83. The molecule has 7 nitrogen and oxygen atoms in total. The quantitative estimate of drug-likeness (QED) is 0.564. The number of benzene rings is 1. The van der Waals surface area contributed by atoms with Gasteiger partial charge in [-0.2, -0.15) is 13.2 Å². The fraction of sp³-hybridized carbons (Fsp3) is 0.625. The molecule has 1 amide bonds. The molecule has 2 aliphatic rings. The maximum Gasteiger partial charge on any atom is 0.416 e. The molecule has 1 aromatic carbocycles. The Balaban J connectivity index is 1.24. The number of aliphatic hydroxyl groups is 1. The van der Waals surface area contributed by atoms with Gasteiger partial charge in [0, 0.05) is 24.5 Å². The number of fused-ring (bicyclic) bond motifs is 1. The van der Waals surface area contributed by atoms with Crippen molar-refractivity contribution >= 4 is 22.6 Å². The number of likely N-dealkylation sites (tertiary alicyclic amines) is 1. The number of rotatable bonds is 7. The molecule has 3 N–H and O–H groups in total. The third kappa shape index (κ3) is 5.60. The number of anilines is 1. The van der Waals surface area contributed by atoms with Crippen LogP contribution in [0.15, 0.2) is 24.5 Å². The Bertz CT molecular complexity index is 1000. The maximum absolute atomic E-state index is 13.1. The molecular formula is C24H32F3N5O2. The lowest BCUT2D eigenvalue weighted by atomic mass is 9.78. The van der Waals surface area contributed by atoms with Crippen molar-refractivity contribution in [2.75, 3.05) is 25.0 Å². The van der Waals surface area contributed by atoms with Gasteiger partial charge in [0.2, 0.25) is 5.91 Å². The molecule has 34 heavy (non-hydrogen) atoms. The van der Waals surface area contributed by atoms with E-state index in [9.17, 15) is 23.1 Å². The SMILES string of the molecule is CC(C)C(O)[C@H]1CC[C@@H](N2CC(NC(=O)CNc3ncnc4ccc(C(F)(F)F)cc34)C2)CC1. The van der Waals surface area contributed by atoms with E-state index >= 15 is 0 Å². The van der Waals surface area contributed by atoms with E-state index in [4.69, 9.17) is 0 Å². The normalized spacial score (nSPS) is 23.0. The number of carbonyl (C=O) groups is 1. The average molecular weight is 480 g/mol. The van der Waals surface area contributed by atoms with Gasteiger partial charge >= 0.3 is 6.18 Å². The first-order valence-corrected chi connectivity index (χ1v) is 11.9. The van der Waals surface area contributed by atoms with Gasteiger partial charge in [0.25, 0.3) is 0 Å². The van der Waals surface area contributed by atoms with Gasteiger partial charge in [-0.05, 0) is 55.7 Å². The van der Waals surface area contributed by atoms with Crippen LogP contribution in [0.1, 0.15) is 45.1 Å². The molecule has 2 aromatic rings. The lowest BCUT2D eigenvalue weighted by Gasteiger charge is -2.47. The molecular weight excluding hydrogens is 447 g/mol. The van der Waals surface area contributed by atoms with E-state index in [1.165, 1.54) is 12.4 Å². The Morgan fingerprint density at radius 3 is 2.53 bits per heavy atom. The number of nitrogens with zero attached hydrogens (tertiary/aromatic N) is 3. The Labute approximate surface area is 197 Å². The van der Waals surface area contributed by atoms with Crippen LogP contribution in [0, 0.1) is 11.8 Å². The molecule has 1 atom stereocenters. The zero-order valence-electron chi connectivity index (χ0n) is 19.5. The Morgan fingerprint density at radius 2 is 1.88 bits per heavy atom. The van der Waals surface area contributed by atoms with Gasteiger partial charge in [-0.1, -0.05) is 13.8 Å². The maximum atomic E-state index is 13.1. The van der Waals surface area contributed by atoms with Crippen LogP contribution in [0.5, 0.6) is 0 Å². The summed E-state index contributed by atoms with van der Waals surface area (Å²) in [6.07, 6.45) is 0.754. The van der Waals surface area contributed by atoms with E-state index in [-0.39, 0.29) is 41.7 Å². The van der Waals surface area contributed by atoms with Crippen molar-refractivity contribution in [2.45, 2.75) is 63.9 Å². The number of halogens is 3. The van der Waals surface area contributed by atoms with E-state index < -0.39 is 11.7 Å². The van der Waals surface area contributed by atoms with Crippen molar-refractivity contribution < 1.29 is 23.1 Å². The first kappa shape index (κ1) is 24.7. The predicted molar refractivity (Wildman–Crippen MR) is 123 cm³/mol. The highest BCUT2D eigenvalue weighted by atomic mass is 19.4. The molecule has 0 radical (unpaired) electrons. The highest BCUT2D eigenvalue weighted by molar-refractivity contribution is 5.91. The highest BCUT2D eigenvalue weighted by Gasteiger charge is 2.37. The lowest BCUT2D eigenvalue weighted by molar-refractivity contribution is -0.137. The van der Waals surface area contributed by atoms with Gasteiger partial charge in [0.15, 0.2) is 0 Å². The standard InChI is InChI=1S/C24H32F3N5O2/c1-14(2)22(34)15-3-6-18(7-4-15)32-11-17(12-32)31-21(33)10-28-23-19-9-16(24(25,26)27)5-8-20(19)29-13-30-23/h5,8-9,13-15,17-18,22,34H,3-4,6-7,10-12H2,1-2H3,(H,31,33)(H,28,29,30)/t15-,18+,22?. The summed E-state index contributed by atoms with van der Waals surface area (Å²) in [4.78, 5) is 22.8. The minimum absolute atomic E-state index is 0.0623. The molecule has 1 aliphatic heterocycles. The third-order valence-electron chi connectivity index (χ3n) is 7.08. The van der Waals surface area contributed by atoms with Crippen LogP contribution < -0.4 is 10.6 Å². The first-order valence-electron chi connectivity index (χ1n) is 11.9. The molecule has 0 spiro atoms. The fourth-order valence-corrected chi connectivity index (χ4v) is 5.07. The molecule has 2 fully saturated rings. The summed E-state index contributed by atoms with van der Waals surface area (Å²) in [6.45, 7) is 5.61. The van der Waals surface area contributed by atoms with E-state index in [2.05, 4.69) is 39.3 Å². The van der Waals surface area contributed by atoms with Gasteiger partial charge < -0.3 is 15.7 Å². The monoisotopic (exact) mass is 479 g/mol. The molecule has 2 heterocycles. The largest absolute Gasteiger partial charge is 0.416 e. The summed E-state index contributed by atoms with van der Waals surface area (Å²) in [5, 5.41) is 16.4. The topological polar surface area (TPSA) is 90.4 Å². The van der Waals surface area contributed by atoms with Crippen LogP contribution >= 0.6 is 0 Å². The third-order valence-corrected chi connectivity index (χ3v) is 7.08. The number of hydrogen-bond donors (Lipinski definition) is 3. The minimum atomic E-state index is -4.47. The molecule has 1 aliphatic carbocycles. The summed E-state index contributed by atoms with van der Waals surface area (Å²) < 4.78 is 39.2. The molecule has 1 saturated carbocycles. The number of amides is 1. The smallest absolute Gasteiger partial charge is 0.393 e. The van der Waals surface area contributed by atoms with E-state index in [0.29, 0.717) is 17.5 Å². The van der Waals surface area contributed by atoms with Crippen LogP contribution in [0.3, 0.4) is 0 Å². The van der Waals surface area contributed by atoms with Gasteiger partial charge in [-0.3, -0.25) is 9.69 Å².